The second kappa shape index (κ2) is 7.19. The van der Waals surface area contributed by atoms with Gasteiger partial charge in [-0.3, -0.25) is 4.79 Å². The summed E-state index contributed by atoms with van der Waals surface area (Å²) in [7, 11) is 0. The van der Waals surface area contributed by atoms with Crippen LogP contribution in [0.4, 0.5) is 18.9 Å². The van der Waals surface area contributed by atoms with E-state index in [4.69, 9.17) is 0 Å². The number of hydrogen-bond donors (Lipinski definition) is 1. The van der Waals surface area contributed by atoms with Crippen LogP contribution in [0, 0.1) is 0 Å². The van der Waals surface area contributed by atoms with Crippen molar-refractivity contribution in [3.8, 4) is 5.75 Å². The Kier molecular flexibility index (Phi) is 5.87. The van der Waals surface area contributed by atoms with Gasteiger partial charge in [-0.1, -0.05) is 6.07 Å². The Bertz CT molecular complexity index is 474. The maximum Gasteiger partial charge on any atom is 0.573 e. The number of hydrogen-bond acceptors (Lipinski definition) is 3. The Morgan fingerprint density at radius 3 is 2.48 bits per heavy atom. The number of alkyl halides is 3. The Morgan fingerprint density at radius 1 is 1.33 bits per heavy atom. The first kappa shape index (κ1) is 17.1. The number of carbonyl (C=O) groups is 1. The molecule has 1 aromatic rings. The number of halogens is 3. The Hall–Kier alpha value is -1.92. The van der Waals surface area contributed by atoms with Crippen LogP contribution in [-0.4, -0.2) is 36.3 Å². The van der Waals surface area contributed by atoms with Crippen molar-refractivity contribution in [1.29, 1.82) is 0 Å². The van der Waals surface area contributed by atoms with Crippen LogP contribution in [0.2, 0.25) is 0 Å². The molecule has 0 aliphatic rings. The number of carbonyl (C=O) groups excluding carboxylic acids is 1. The number of likely N-dealkylation sites (N-methyl/N-ethyl adjacent to an activating group) is 1. The fraction of sp³-hybridized carbons (Fsp3) is 0.500. The fourth-order valence-corrected chi connectivity index (χ4v) is 1.90. The predicted octanol–water partition coefficient (Wildman–Crippen LogP) is 3.25. The van der Waals surface area contributed by atoms with E-state index in [9.17, 15) is 18.0 Å². The minimum Gasteiger partial charge on any atom is -0.406 e. The number of benzene rings is 1. The maximum atomic E-state index is 12.2. The van der Waals surface area contributed by atoms with E-state index >= 15 is 0 Å². The second-order valence-corrected chi connectivity index (χ2v) is 4.45. The van der Waals surface area contributed by atoms with Crippen molar-refractivity contribution in [3.05, 3.63) is 24.3 Å². The summed E-state index contributed by atoms with van der Waals surface area (Å²) >= 11 is 0. The number of anilines is 1. The highest BCUT2D eigenvalue weighted by Gasteiger charge is 2.31. The summed E-state index contributed by atoms with van der Waals surface area (Å²) in [4.78, 5) is 13.7. The minimum absolute atomic E-state index is 0.109. The van der Waals surface area contributed by atoms with Gasteiger partial charge in [-0.05, 0) is 32.9 Å². The number of nitrogens with one attached hydrogen (secondary N) is 1. The van der Waals surface area contributed by atoms with Gasteiger partial charge in [-0.15, -0.1) is 13.2 Å². The van der Waals surface area contributed by atoms with Crippen molar-refractivity contribution >= 4 is 11.6 Å². The SMILES string of the molecule is CCN(CC)C(=O)C(C)Nc1cccc(OC(F)(F)F)c1. The highest BCUT2D eigenvalue weighted by Crippen LogP contribution is 2.25. The molecule has 21 heavy (non-hydrogen) atoms. The summed E-state index contributed by atoms with van der Waals surface area (Å²) in [5.74, 6) is -0.433. The van der Waals surface area contributed by atoms with Crippen LogP contribution in [0.1, 0.15) is 20.8 Å². The topological polar surface area (TPSA) is 41.6 Å². The molecule has 0 saturated carbocycles. The Morgan fingerprint density at radius 2 is 1.95 bits per heavy atom. The molecule has 0 radical (unpaired) electrons. The summed E-state index contributed by atoms with van der Waals surface area (Å²) in [6, 6.07) is 4.88. The lowest BCUT2D eigenvalue weighted by molar-refractivity contribution is -0.274. The fourth-order valence-electron chi connectivity index (χ4n) is 1.90. The van der Waals surface area contributed by atoms with E-state index in [1.165, 1.54) is 18.2 Å². The van der Waals surface area contributed by atoms with E-state index in [2.05, 4.69) is 10.1 Å². The zero-order chi connectivity index (χ0) is 16.0. The molecule has 1 unspecified atom stereocenters. The molecule has 118 valence electrons. The first-order valence-electron chi connectivity index (χ1n) is 6.68. The van der Waals surface area contributed by atoms with Crippen LogP contribution in [0.3, 0.4) is 0 Å². The zero-order valence-electron chi connectivity index (χ0n) is 12.2. The summed E-state index contributed by atoms with van der Waals surface area (Å²) in [5.41, 5.74) is 0.393. The van der Waals surface area contributed by atoms with E-state index in [1.807, 2.05) is 13.8 Å². The van der Waals surface area contributed by atoms with Gasteiger partial charge in [0.25, 0.3) is 0 Å². The van der Waals surface area contributed by atoms with Crippen LogP contribution in [-0.2, 0) is 4.79 Å². The molecular weight excluding hydrogens is 285 g/mol. The van der Waals surface area contributed by atoms with Crippen LogP contribution in [0.5, 0.6) is 5.75 Å². The molecule has 0 bridgehead atoms. The number of ether oxygens (including phenoxy) is 1. The molecule has 0 fully saturated rings. The van der Waals surface area contributed by atoms with Crippen molar-refractivity contribution in [2.24, 2.45) is 0 Å². The third-order valence-electron chi connectivity index (χ3n) is 2.90. The lowest BCUT2D eigenvalue weighted by atomic mass is 10.2. The molecule has 0 spiro atoms. The first-order valence-corrected chi connectivity index (χ1v) is 6.68. The highest BCUT2D eigenvalue weighted by molar-refractivity contribution is 5.84. The van der Waals surface area contributed by atoms with E-state index < -0.39 is 12.4 Å². The van der Waals surface area contributed by atoms with Crippen molar-refractivity contribution in [1.82, 2.24) is 4.90 Å². The van der Waals surface area contributed by atoms with Gasteiger partial charge in [0.2, 0.25) is 5.91 Å². The summed E-state index contributed by atoms with van der Waals surface area (Å²) in [6.45, 7) is 6.56. The van der Waals surface area contributed by atoms with Crippen molar-refractivity contribution in [3.63, 3.8) is 0 Å². The molecule has 0 saturated heterocycles. The standard InChI is InChI=1S/C14H19F3N2O2/c1-4-19(5-2)13(20)10(3)18-11-7-6-8-12(9-11)21-14(15,16)17/h6-10,18H,4-5H2,1-3H3. The number of rotatable bonds is 6. The Balaban J connectivity index is 2.74. The summed E-state index contributed by atoms with van der Waals surface area (Å²) < 4.78 is 40.3. The molecule has 1 aromatic carbocycles. The van der Waals surface area contributed by atoms with Gasteiger partial charge in [0.1, 0.15) is 11.8 Å². The third-order valence-corrected chi connectivity index (χ3v) is 2.90. The van der Waals surface area contributed by atoms with E-state index in [1.54, 1.807) is 17.9 Å². The zero-order valence-corrected chi connectivity index (χ0v) is 12.2. The largest absolute Gasteiger partial charge is 0.573 e. The normalized spacial score (nSPS) is 12.7. The molecular formula is C14H19F3N2O2. The minimum atomic E-state index is -4.73. The lowest BCUT2D eigenvalue weighted by Gasteiger charge is -2.24. The molecule has 1 rings (SSSR count). The van der Waals surface area contributed by atoms with Gasteiger partial charge in [-0.25, -0.2) is 0 Å². The lowest BCUT2D eigenvalue weighted by Crippen LogP contribution is -2.41. The molecule has 0 aliphatic heterocycles. The van der Waals surface area contributed by atoms with Gasteiger partial charge in [0.05, 0.1) is 0 Å². The molecule has 0 aromatic heterocycles. The monoisotopic (exact) mass is 304 g/mol. The van der Waals surface area contributed by atoms with E-state index in [-0.39, 0.29) is 11.7 Å². The molecule has 1 amide bonds. The molecule has 7 heteroatoms. The molecule has 1 N–H and O–H groups in total. The molecule has 4 nitrogen and oxygen atoms in total. The van der Waals surface area contributed by atoms with Crippen molar-refractivity contribution < 1.29 is 22.7 Å². The van der Waals surface area contributed by atoms with Gasteiger partial charge in [0.15, 0.2) is 0 Å². The third kappa shape index (κ3) is 5.53. The Labute approximate surface area is 121 Å². The van der Waals surface area contributed by atoms with E-state index in [0.29, 0.717) is 18.8 Å². The number of amides is 1. The van der Waals surface area contributed by atoms with Crippen LogP contribution >= 0.6 is 0 Å². The molecule has 0 heterocycles. The summed E-state index contributed by atoms with van der Waals surface area (Å²) in [6.07, 6.45) is -4.73. The van der Waals surface area contributed by atoms with Crippen LogP contribution in [0.25, 0.3) is 0 Å². The van der Waals surface area contributed by atoms with Crippen molar-refractivity contribution in [2.75, 3.05) is 18.4 Å². The molecule has 0 aliphatic carbocycles. The quantitative estimate of drug-likeness (QED) is 0.877. The smallest absolute Gasteiger partial charge is 0.406 e. The van der Waals surface area contributed by atoms with E-state index in [0.717, 1.165) is 0 Å². The van der Waals surface area contributed by atoms with Crippen LogP contribution in [0.15, 0.2) is 24.3 Å². The van der Waals surface area contributed by atoms with Gasteiger partial charge in [-0.2, -0.15) is 0 Å². The predicted molar refractivity (Wildman–Crippen MR) is 74.1 cm³/mol. The van der Waals surface area contributed by atoms with Gasteiger partial charge < -0.3 is 15.0 Å². The second-order valence-electron chi connectivity index (χ2n) is 4.45. The molecule has 1 atom stereocenters. The van der Waals surface area contributed by atoms with Crippen LogP contribution < -0.4 is 10.1 Å². The average Bonchev–Trinajstić information content (AvgIpc) is 2.38. The number of nitrogens with zero attached hydrogens (tertiary/aromatic N) is 1. The average molecular weight is 304 g/mol. The summed E-state index contributed by atoms with van der Waals surface area (Å²) in [5, 5.41) is 2.88. The van der Waals surface area contributed by atoms with Gasteiger partial charge in [0, 0.05) is 24.8 Å². The highest BCUT2D eigenvalue weighted by atomic mass is 19.4. The first-order chi connectivity index (χ1) is 9.76. The van der Waals surface area contributed by atoms with Gasteiger partial charge >= 0.3 is 6.36 Å². The maximum absolute atomic E-state index is 12.2. The van der Waals surface area contributed by atoms with Crippen molar-refractivity contribution in [2.45, 2.75) is 33.2 Å².